The third kappa shape index (κ3) is 5.40. The van der Waals surface area contributed by atoms with Crippen LogP contribution in [0, 0.1) is 10.1 Å². The molecule has 9 nitrogen and oxygen atoms in total. The lowest BCUT2D eigenvalue weighted by Gasteiger charge is -2.26. The van der Waals surface area contributed by atoms with Crippen molar-refractivity contribution < 1.29 is 24.0 Å². The van der Waals surface area contributed by atoms with Crippen molar-refractivity contribution in [3.8, 4) is 0 Å². The molecule has 2 aromatic rings. The maximum Gasteiger partial charge on any atom is 0.325 e. The fourth-order valence-electron chi connectivity index (χ4n) is 3.35. The number of nitrogens with one attached hydrogen (secondary N) is 2. The van der Waals surface area contributed by atoms with E-state index in [0.717, 1.165) is 30.9 Å². The highest BCUT2D eigenvalue weighted by Gasteiger charge is 2.22. The molecular formula is C21H21N3O6. The van der Waals surface area contributed by atoms with E-state index in [9.17, 15) is 24.5 Å². The number of esters is 1. The van der Waals surface area contributed by atoms with E-state index >= 15 is 0 Å². The predicted octanol–water partition coefficient (Wildman–Crippen LogP) is 2.06. The van der Waals surface area contributed by atoms with E-state index in [4.69, 9.17) is 4.74 Å². The number of hydrogen-bond donors (Lipinski definition) is 2. The molecule has 0 spiro atoms. The van der Waals surface area contributed by atoms with Gasteiger partial charge in [0.2, 0.25) is 0 Å². The molecule has 30 heavy (non-hydrogen) atoms. The zero-order valence-corrected chi connectivity index (χ0v) is 16.1. The van der Waals surface area contributed by atoms with Crippen molar-refractivity contribution in [2.75, 3.05) is 13.2 Å². The summed E-state index contributed by atoms with van der Waals surface area (Å²) in [6.45, 7) is -0.911. The molecule has 0 fully saturated rings. The number of carbonyl (C=O) groups is 3. The lowest BCUT2D eigenvalue weighted by atomic mass is 9.88. The van der Waals surface area contributed by atoms with Gasteiger partial charge in [0, 0.05) is 17.7 Å². The van der Waals surface area contributed by atoms with E-state index in [2.05, 4.69) is 10.6 Å². The van der Waals surface area contributed by atoms with Crippen molar-refractivity contribution in [3.63, 3.8) is 0 Å². The van der Waals surface area contributed by atoms with Crippen LogP contribution in [0.5, 0.6) is 0 Å². The SMILES string of the molecule is O=C(COC(=O)CNC(=O)c1cccc([N+](=O)[O-])c1)NC1CCCc2ccccc21. The van der Waals surface area contributed by atoms with Gasteiger partial charge >= 0.3 is 5.97 Å². The molecule has 0 saturated carbocycles. The second-order valence-corrected chi connectivity index (χ2v) is 6.86. The number of rotatable bonds is 7. The summed E-state index contributed by atoms with van der Waals surface area (Å²) in [4.78, 5) is 46.1. The minimum atomic E-state index is -0.784. The maximum absolute atomic E-state index is 12.1. The molecule has 2 aromatic carbocycles. The first-order valence-corrected chi connectivity index (χ1v) is 9.49. The largest absolute Gasteiger partial charge is 0.454 e. The van der Waals surface area contributed by atoms with E-state index in [0.29, 0.717) is 0 Å². The van der Waals surface area contributed by atoms with Crippen molar-refractivity contribution in [3.05, 3.63) is 75.3 Å². The van der Waals surface area contributed by atoms with Crippen LogP contribution >= 0.6 is 0 Å². The number of aryl methyl sites for hydroxylation is 1. The van der Waals surface area contributed by atoms with Crippen LogP contribution in [0.3, 0.4) is 0 Å². The lowest BCUT2D eigenvalue weighted by Crippen LogP contribution is -2.36. The van der Waals surface area contributed by atoms with Gasteiger partial charge in [0.25, 0.3) is 17.5 Å². The van der Waals surface area contributed by atoms with Crippen LogP contribution in [0.25, 0.3) is 0 Å². The van der Waals surface area contributed by atoms with Gasteiger partial charge < -0.3 is 15.4 Å². The second kappa shape index (κ2) is 9.64. The van der Waals surface area contributed by atoms with E-state index in [-0.39, 0.29) is 17.3 Å². The summed E-state index contributed by atoms with van der Waals surface area (Å²) in [5.74, 6) is -1.86. The number of fused-ring (bicyclic) bond motifs is 1. The average molecular weight is 411 g/mol. The third-order valence-corrected chi connectivity index (χ3v) is 4.78. The number of ether oxygens (including phenoxy) is 1. The number of amides is 2. The molecule has 2 amide bonds. The summed E-state index contributed by atoms with van der Waals surface area (Å²) >= 11 is 0. The molecule has 0 saturated heterocycles. The van der Waals surface area contributed by atoms with Gasteiger partial charge in [-0.2, -0.15) is 0 Å². The van der Waals surface area contributed by atoms with Gasteiger partial charge in [0.1, 0.15) is 6.54 Å². The molecule has 9 heteroatoms. The van der Waals surface area contributed by atoms with Crippen LogP contribution in [0.1, 0.15) is 40.4 Å². The van der Waals surface area contributed by atoms with Crippen LogP contribution in [0.15, 0.2) is 48.5 Å². The highest BCUT2D eigenvalue weighted by Crippen LogP contribution is 2.29. The highest BCUT2D eigenvalue weighted by atomic mass is 16.6. The molecule has 1 aliphatic carbocycles. The first-order chi connectivity index (χ1) is 14.4. The second-order valence-electron chi connectivity index (χ2n) is 6.86. The number of benzene rings is 2. The standard InChI is InChI=1S/C21H21N3O6/c25-19(23-18-10-4-6-14-5-1-2-9-17(14)18)13-30-20(26)12-22-21(27)15-7-3-8-16(11-15)24(28)29/h1-3,5,7-9,11,18H,4,6,10,12-13H2,(H,22,27)(H,23,25). The summed E-state index contributed by atoms with van der Waals surface area (Å²) in [5, 5.41) is 15.9. The Bertz CT molecular complexity index is 975. The van der Waals surface area contributed by atoms with Crippen LogP contribution < -0.4 is 10.6 Å². The van der Waals surface area contributed by atoms with E-state index in [1.807, 2.05) is 24.3 Å². The van der Waals surface area contributed by atoms with Crippen LogP contribution in [-0.2, 0) is 20.7 Å². The summed E-state index contributed by atoms with van der Waals surface area (Å²) in [6, 6.07) is 12.9. The monoisotopic (exact) mass is 411 g/mol. The molecular weight excluding hydrogens is 390 g/mol. The van der Waals surface area contributed by atoms with E-state index < -0.39 is 35.9 Å². The molecule has 1 aliphatic rings. The summed E-state index contributed by atoms with van der Waals surface area (Å²) in [7, 11) is 0. The first kappa shape index (κ1) is 21.0. The Morgan fingerprint density at radius 2 is 1.93 bits per heavy atom. The van der Waals surface area contributed by atoms with Gasteiger partial charge in [-0.1, -0.05) is 30.3 Å². The predicted molar refractivity (Wildman–Crippen MR) is 107 cm³/mol. The Kier molecular flexibility index (Phi) is 6.74. The smallest absolute Gasteiger partial charge is 0.325 e. The molecule has 2 N–H and O–H groups in total. The highest BCUT2D eigenvalue weighted by molar-refractivity contribution is 5.96. The van der Waals surface area contributed by atoms with Gasteiger partial charge in [-0.15, -0.1) is 0 Å². The minimum absolute atomic E-state index is 0.0470. The van der Waals surface area contributed by atoms with Gasteiger partial charge in [0.05, 0.1) is 11.0 Å². The van der Waals surface area contributed by atoms with Gasteiger partial charge in [0.15, 0.2) is 6.61 Å². The molecule has 3 rings (SSSR count). The lowest BCUT2D eigenvalue weighted by molar-refractivity contribution is -0.384. The number of nitro groups is 1. The van der Waals surface area contributed by atoms with Crippen molar-refractivity contribution in [2.24, 2.45) is 0 Å². The molecule has 0 radical (unpaired) electrons. The molecule has 1 atom stereocenters. The summed E-state index contributed by atoms with van der Waals surface area (Å²) in [5.41, 5.74) is 2.10. The molecule has 1 unspecified atom stereocenters. The fourth-order valence-corrected chi connectivity index (χ4v) is 3.35. The number of carbonyl (C=O) groups excluding carboxylic acids is 3. The maximum atomic E-state index is 12.1. The van der Waals surface area contributed by atoms with Crippen molar-refractivity contribution in [1.29, 1.82) is 0 Å². The molecule has 0 aromatic heterocycles. The van der Waals surface area contributed by atoms with Crippen LogP contribution in [0.4, 0.5) is 5.69 Å². The molecule has 0 heterocycles. The normalized spacial score (nSPS) is 14.9. The summed E-state index contributed by atoms with van der Waals surface area (Å²) in [6.07, 6.45) is 2.75. The zero-order valence-electron chi connectivity index (χ0n) is 16.1. The van der Waals surface area contributed by atoms with E-state index in [1.54, 1.807) is 0 Å². The Hall–Kier alpha value is -3.75. The van der Waals surface area contributed by atoms with Crippen molar-refractivity contribution in [1.82, 2.24) is 10.6 Å². The molecule has 0 bridgehead atoms. The first-order valence-electron chi connectivity index (χ1n) is 9.49. The zero-order chi connectivity index (χ0) is 21.5. The minimum Gasteiger partial charge on any atom is -0.454 e. The molecule has 156 valence electrons. The van der Waals surface area contributed by atoms with Crippen molar-refractivity contribution >= 4 is 23.5 Å². The van der Waals surface area contributed by atoms with Crippen molar-refractivity contribution in [2.45, 2.75) is 25.3 Å². The quantitative estimate of drug-likeness (QED) is 0.408. The topological polar surface area (TPSA) is 128 Å². The number of nitro benzene ring substituents is 1. The van der Waals surface area contributed by atoms with Gasteiger partial charge in [-0.3, -0.25) is 24.5 Å². The average Bonchev–Trinajstić information content (AvgIpc) is 2.76. The number of non-ortho nitro benzene ring substituents is 1. The van der Waals surface area contributed by atoms with E-state index in [1.165, 1.54) is 23.8 Å². The Balaban J connectivity index is 1.44. The van der Waals surface area contributed by atoms with Gasteiger partial charge in [-0.25, -0.2) is 0 Å². The van der Waals surface area contributed by atoms with Crippen LogP contribution in [0.2, 0.25) is 0 Å². The third-order valence-electron chi connectivity index (χ3n) is 4.78. The Labute approximate surface area is 172 Å². The number of hydrogen-bond acceptors (Lipinski definition) is 6. The van der Waals surface area contributed by atoms with Crippen LogP contribution in [-0.4, -0.2) is 35.9 Å². The molecule has 0 aliphatic heterocycles. The van der Waals surface area contributed by atoms with Gasteiger partial charge in [-0.05, 0) is 36.5 Å². The fraction of sp³-hybridized carbons (Fsp3) is 0.286. The summed E-state index contributed by atoms with van der Waals surface area (Å²) < 4.78 is 4.91. The Morgan fingerprint density at radius 3 is 2.73 bits per heavy atom. The Morgan fingerprint density at radius 1 is 1.13 bits per heavy atom. The number of nitrogens with zero attached hydrogens (tertiary/aromatic N) is 1.